The molecule has 3 rings (SSSR count). The van der Waals surface area contributed by atoms with Crippen molar-refractivity contribution in [2.75, 3.05) is 12.8 Å². The third-order valence-corrected chi connectivity index (χ3v) is 7.05. The summed E-state index contributed by atoms with van der Waals surface area (Å²) in [5, 5.41) is 4.43. The van der Waals surface area contributed by atoms with Crippen LogP contribution >= 0.6 is 46.6 Å². The zero-order valence-corrected chi connectivity index (χ0v) is 21.7. The number of carbonyl (C=O) groups is 2. The molecule has 0 aromatic heterocycles. The van der Waals surface area contributed by atoms with Gasteiger partial charge in [0, 0.05) is 40.8 Å². The maximum Gasteiger partial charge on any atom is 0.242 e. The summed E-state index contributed by atoms with van der Waals surface area (Å²) in [6, 6.07) is 21.7. The van der Waals surface area contributed by atoms with Crippen LogP contribution in [0, 0.1) is 0 Å². The normalized spacial score (nSPS) is 11.6. The highest BCUT2D eigenvalue weighted by atomic mass is 35.5. The van der Waals surface area contributed by atoms with Crippen molar-refractivity contribution in [1.29, 1.82) is 0 Å². The maximum absolute atomic E-state index is 13.5. The Morgan fingerprint density at radius 3 is 2.29 bits per heavy atom. The summed E-state index contributed by atoms with van der Waals surface area (Å²) in [6.07, 6.45) is 0.403. The van der Waals surface area contributed by atoms with Crippen LogP contribution in [0.2, 0.25) is 15.1 Å². The van der Waals surface area contributed by atoms with E-state index in [1.807, 2.05) is 54.6 Å². The monoisotopic (exact) mass is 534 g/mol. The average molecular weight is 536 g/mol. The molecular formula is C26H25Cl3N2O2S. The summed E-state index contributed by atoms with van der Waals surface area (Å²) in [5.41, 5.74) is 2.73. The zero-order valence-electron chi connectivity index (χ0n) is 18.6. The summed E-state index contributed by atoms with van der Waals surface area (Å²) in [4.78, 5) is 28.0. The zero-order chi connectivity index (χ0) is 24.5. The average Bonchev–Trinajstić information content (AvgIpc) is 2.83. The molecule has 34 heavy (non-hydrogen) atoms. The fraction of sp³-hybridized carbons (Fsp3) is 0.231. The Bertz CT molecular complexity index is 1130. The smallest absolute Gasteiger partial charge is 0.242 e. The van der Waals surface area contributed by atoms with E-state index < -0.39 is 6.04 Å². The fourth-order valence-electron chi connectivity index (χ4n) is 3.52. The Balaban J connectivity index is 1.81. The molecule has 0 heterocycles. The molecule has 4 nitrogen and oxygen atoms in total. The standard InChI is InChI=1S/C26H25Cl3N2O2S/c1-30-26(33)24(13-18-6-3-2-4-7-18)31(15-19-8-5-9-21(27)12-19)25(32)17-34-16-20-10-11-22(28)14-23(20)29/h2-12,14,24H,13,15-17H2,1H3,(H,30,33). The van der Waals surface area contributed by atoms with Gasteiger partial charge in [-0.05, 0) is 41.0 Å². The van der Waals surface area contributed by atoms with E-state index in [4.69, 9.17) is 34.8 Å². The Kier molecular flexibility index (Phi) is 10.1. The van der Waals surface area contributed by atoms with Crippen LogP contribution in [-0.2, 0) is 28.3 Å². The van der Waals surface area contributed by atoms with Crippen molar-refractivity contribution in [1.82, 2.24) is 10.2 Å². The lowest BCUT2D eigenvalue weighted by Gasteiger charge is -2.31. The predicted octanol–water partition coefficient (Wildman–Crippen LogP) is 6.27. The molecule has 1 N–H and O–H groups in total. The SMILES string of the molecule is CNC(=O)C(Cc1ccccc1)N(Cc1cccc(Cl)c1)C(=O)CSCc1ccc(Cl)cc1Cl. The van der Waals surface area contributed by atoms with Gasteiger partial charge in [-0.2, -0.15) is 0 Å². The van der Waals surface area contributed by atoms with Crippen LogP contribution in [0.1, 0.15) is 16.7 Å². The van der Waals surface area contributed by atoms with E-state index in [2.05, 4.69) is 5.32 Å². The number of amides is 2. The number of nitrogens with zero attached hydrogens (tertiary/aromatic N) is 1. The van der Waals surface area contributed by atoms with Crippen LogP contribution in [0.15, 0.2) is 72.8 Å². The lowest BCUT2D eigenvalue weighted by molar-refractivity contribution is -0.139. The topological polar surface area (TPSA) is 49.4 Å². The minimum atomic E-state index is -0.668. The Hall–Kier alpha value is -2.18. The van der Waals surface area contributed by atoms with Gasteiger partial charge in [0.05, 0.1) is 5.75 Å². The number of benzene rings is 3. The predicted molar refractivity (Wildman–Crippen MR) is 143 cm³/mol. The first kappa shape index (κ1) is 26.4. The molecule has 178 valence electrons. The van der Waals surface area contributed by atoms with Crippen molar-refractivity contribution in [3.8, 4) is 0 Å². The van der Waals surface area contributed by atoms with E-state index in [0.717, 1.165) is 16.7 Å². The number of hydrogen-bond donors (Lipinski definition) is 1. The molecule has 3 aromatic carbocycles. The van der Waals surface area contributed by atoms with Gasteiger partial charge in [0.25, 0.3) is 0 Å². The number of halogens is 3. The first-order valence-electron chi connectivity index (χ1n) is 10.7. The van der Waals surface area contributed by atoms with Crippen molar-refractivity contribution >= 4 is 58.4 Å². The Morgan fingerprint density at radius 1 is 0.912 bits per heavy atom. The van der Waals surface area contributed by atoms with E-state index in [-0.39, 0.29) is 24.1 Å². The van der Waals surface area contributed by atoms with Gasteiger partial charge in [-0.25, -0.2) is 0 Å². The number of hydrogen-bond acceptors (Lipinski definition) is 3. The highest BCUT2D eigenvalue weighted by molar-refractivity contribution is 7.99. The van der Waals surface area contributed by atoms with Crippen molar-refractivity contribution in [3.63, 3.8) is 0 Å². The lowest BCUT2D eigenvalue weighted by Crippen LogP contribution is -2.50. The first-order chi connectivity index (χ1) is 16.4. The second-order valence-corrected chi connectivity index (χ2v) is 9.97. The molecule has 0 saturated heterocycles. The highest BCUT2D eigenvalue weighted by Gasteiger charge is 2.29. The molecule has 0 fully saturated rings. The molecule has 0 aliphatic carbocycles. The Morgan fingerprint density at radius 2 is 1.62 bits per heavy atom. The van der Waals surface area contributed by atoms with Crippen LogP contribution < -0.4 is 5.32 Å². The van der Waals surface area contributed by atoms with Crippen molar-refractivity contribution < 1.29 is 9.59 Å². The molecule has 0 aliphatic rings. The van der Waals surface area contributed by atoms with Crippen molar-refractivity contribution in [2.24, 2.45) is 0 Å². The van der Waals surface area contributed by atoms with Gasteiger partial charge in [0.15, 0.2) is 0 Å². The molecule has 0 bridgehead atoms. The number of nitrogens with one attached hydrogen (secondary N) is 1. The fourth-order valence-corrected chi connectivity index (χ4v) is 5.20. The van der Waals surface area contributed by atoms with E-state index in [1.165, 1.54) is 11.8 Å². The second-order valence-electron chi connectivity index (χ2n) is 7.70. The largest absolute Gasteiger partial charge is 0.357 e. The van der Waals surface area contributed by atoms with Gasteiger partial charge in [-0.3, -0.25) is 9.59 Å². The molecule has 1 atom stereocenters. The van der Waals surface area contributed by atoms with Gasteiger partial charge in [0.1, 0.15) is 6.04 Å². The molecule has 3 aromatic rings. The van der Waals surface area contributed by atoms with Crippen LogP contribution in [0.4, 0.5) is 0 Å². The minimum absolute atomic E-state index is 0.139. The third-order valence-electron chi connectivity index (χ3n) is 5.26. The van der Waals surface area contributed by atoms with Crippen molar-refractivity contribution in [3.05, 3.63) is 105 Å². The summed E-state index contributed by atoms with van der Waals surface area (Å²) in [7, 11) is 1.58. The summed E-state index contributed by atoms with van der Waals surface area (Å²) < 4.78 is 0. The molecule has 1 unspecified atom stereocenters. The maximum atomic E-state index is 13.5. The first-order valence-corrected chi connectivity index (χ1v) is 13.0. The van der Waals surface area contributed by atoms with Gasteiger partial charge in [-0.1, -0.05) is 83.3 Å². The van der Waals surface area contributed by atoms with Crippen LogP contribution in [0.3, 0.4) is 0 Å². The lowest BCUT2D eigenvalue weighted by atomic mass is 10.0. The van der Waals surface area contributed by atoms with Gasteiger partial charge >= 0.3 is 0 Å². The number of thioether (sulfide) groups is 1. The quantitative estimate of drug-likeness (QED) is 0.333. The molecule has 8 heteroatoms. The summed E-state index contributed by atoms with van der Waals surface area (Å²) in [6.45, 7) is 0.270. The van der Waals surface area contributed by atoms with Crippen LogP contribution in [-0.4, -0.2) is 35.6 Å². The van der Waals surface area contributed by atoms with Crippen LogP contribution in [0.5, 0.6) is 0 Å². The molecular weight excluding hydrogens is 511 g/mol. The molecule has 0 spiro atoms. The highest BCUT2D eigenvalue weighted by Crippen LogP contribution is 2.25. The second kappa shape index (κ2) is 13.1. The third kappa shape index (κ3) is 7.67. The van der Waals surface area contributed by atoms with Gasteiger partial charge in [-0.15, -0.1) is 11.8 Å². The van der Waals surface area contributed by atoms with Crippen LogP contribution in [0.25, 0.3) is 0 Å². The van der Waals surface area contributed by atoms with E-state index in [0.29, 0.717) is 27.2 Å². The number of rotatable bonds is 10. The minimum Gasteiger partial charge on any atom is -0.357 e. The van der Waals surface area contributed by atoms with E-state index >= 15 is 0 Å². The molecule has 0 radical (unpaired) electrons. The van der Waals surface area contributed by atoms with Crippen molar-refractivity contribution in [2.45, 2.75) is 24.8 Å². The van der Waals surface area contributed by atoms with Gasteiger partial charge in [0.2, 0.25) is 11.8 Å². The summed E-state index contributed by atoms with van der Waals surface area (Å²) >= 11 is 19.9. The molecule has 0 aliphatic heterocycles. The Labute approximate surface area is 219 Å². The molecule has 2 amide bonds. The van der Waals surface area contributed by atoms with Gasteiger partial charge < -0.3 is 10.2 Å². The molecule has 0 saturated carbocycles. The summed E-state index contributed by atoms with van der Waals surface area (Å²) in [5.74, 6) is 0.391. The van der Waals surface area contributed by atoms with E-state index in [9.17, 15) is 9.59 Å². The van der Waals surface area contributed by atoms with E-state index in [1.54, 1.807) is 30.1 Å². The number of carbonyl (C=O) groups excluding carboxylic acids is 2. The number of likely N-dealkylation sites (N-methyl/N-ethyl adjacent to an activating group) is 1.